The van der Waals surface area contributed by atoms with E-state index in [9.17, 15) is 20.2 Å². The van der Waals surface area contributed by atoms with Crippen molar-refractivity contribution >= 4 is 17.1 Å². The fraction of sp³-hybridized carbons (Fsp3) is 0.600. The molecule has 0 saturated heterocycles. The molecule has 134 valence electrons. The molecule has 0 saturated carbocycles. The van der Waals surface area contributed by atoms with Crippen LogP contribution in [0.4, 0.5) is 17.1 Å². The van der Waals surface area contributed by atoms with Gasteiger partial charge >= 0.3 is 0 Å². The maximum absolute atomic E-state index is 11.4. The van der Waals surface area contributed by atoms with Crippen molar-refractivity contribution in [3.63, 3.8) is 0 Å². The second-order valence-corrected chi connectivity index (χ2v) is 5.04. The molecule has 0 radical (unpaired) electrons. The third kappa shape index (κ3) is 4.87. The van der Waals surface area contributed by atoms with Crippen molar-refractivity contribution < 1.29 is 19.3 Å². The van der Waals surface area contributed by atoms with Crippen LogP contribution in [0.5, 0.6) is 0 Å². The van der Waals surface area contributed by atoms with Gasteiger partial charge in [-0.2, -0.15) is 0 Å². The zero-order chi connectivity index (χ0) is 18.3. The van der Waals surface area contributed by atoms with Crippen molar-refractivity contribution in [2.24, 2.45) is 0 Å². The molecule has 1 aromatic rings. The predicted octanol–water partition coefficient (Wildman–Crippen LogP) is 3.04. The highest BCUT2D eigenvalue weighted by molar-refractivity contribution is 5.76. The van der Waals surface area contributed by atoms with Crippen LogP contribution in [0.15, 0.2) is 12.1 Å². The lowest BCUT2D eigenvalue weighted by Crippen LogP contribution is -2.36. The number of ether oxygens (including phenoxy) is 2. The monoisotopic (exact) mass is 341 g/mol. The summed E-state index contributed by atoms with van der Waals surface area (Å²) >= 11 is 0. The number of rotatable bonds is 10. The van der Waals surface area contributed by atoms with Gasteiger partial charge in [0.05, 0.1) is 16.4 Å². The highest BCUT2D eigenvalue weighted by atomic mass is 16.7. The van der Waals surface area contributed by atoms with E-state index in [1.54, 1.807) is 32.6 Å². The molecule has 0 aliphatic heterocycles. The zero-order valence-electron chi connectivity index (χ0n) is 14.4. The van der Waals surface area contributed by atoms with Gasteiger partial charge in [-0.1, -0.05) is 0 Å². The largest absolute Gasteiger partial charge is 0.356 e. The Bertz CT molecular complexity index is 552. The SMILES string of the molecule is CCOC(CN(CC)c1c([N+](=O)[O-])cc(C)cc1[N+](=O)[O-])OCC. The van der Waals surface area contributed by atoms with Crippen molar-refractivity contribution in [2.75, 3.05) is 31.2 Å². The van der Waals surface area contributed by atoms with E-state index in [2.05, 4.69) is 0 Å². The molecular weight excluding hydrogens is 318 g/mol. The van der Waals surface area contributed by atoms with Crippen LogP contribution in [-0.4, -0.2) is 42.4 Å². The molecule has 0 aliphatic carbocycles. The van der Waals surface area contributed by atoms with E-state index >= 15 is 0 Å². The van der Waals surface area contributed by atoms with Crippen LogP contribution in [0.3, 0.4) is 0 Å². The fourth-order valence-corrected chi connectivity index (χ4v) is 2.43. The standard InChI is InChI=1S/C15H23N3O6/c1-5-16(10-14(23-6-2)24-7-3)15-12(17(19)20)8-11(4)9-13(15)18(21)22/h8-9,14H,5-7,10H2,1-4H3. The summed E-state index contributed by atoms with van der Waals surface area (Å²) in [7, 11) is 0. The quantitative estimate of drug-likeness (QED) is 0.365. The minimum Gasteiger partial charge on any atom is -0.356 e. The van der Waals surface area contributed by atoms with Crippen molar-refractivity contribution in [1.82, 2.24) is 0 Å². The van der Waals surface area contributed by atoms with Gasteiger partial charge in [0.25, 0.3) is 11.4 Å². The van der Waals surface area contributed by atoms with E-state index in [0.717, 1.165) is 0 Å². The number of aryl methyl sites for hydroxylation is 1. The van der Waals surface area contributed by atoms with Crippen molar-refractivity contribution in [3.05, 3.63) is 37.9 Å². The molecule has 9 nitrogen and oxygen atoms in total. The molecule has 0 heterocycles. The normalized spacial score (nSPS) is 10.9. The predicted molar refractivity (Wildman–Crippen MR) is 89.4 cm³/mol. The van der Waals surface area contributed by atoms with Crippen LogP contribution in [0.1, 0.15) is 26.3 Å². The Hall–Kier alpha value is -2.26. The van der Waals surface area contributed by atoms with Gasteiger partial charge in [0.1, 0.15) is 0 Å². The summed E-state index contributed by atoms with van der Waals surface area (Å²) in [5.41, 5.74) is -0.160. The van der Waals surface area contributed by atoms with E-state index in [4.69, 9.17) is 9.47 Å². The van der Waals surface area contributed by atoms with Gasteiger partial charge in [-0.05, 0) is 33.3 Å². The molecule has 0 aromatic heterocycles. The summed E-state index contributed by atoms with van der Waals surface area (Å²) in [6.07, 6.45) is -0.625. The molecule has 0 fully saturated rings. The van der Waals surface area contributed by atoms with E-state index in [0.29, 0.717) is 25.3 Å². The van der Waals surface area contributed by atoms with Gasteiger partial charge in [-0.15, -0.1) is 0 Å². The molecule has 0 atom stereocenters. The molecule has 1 rings (SSSR count). The smallest absolute Gasteiger partial charge is 0.299 e. The lowest BCUT2D eigenvalue weighted by atomic mass is 10.1. The first-order valence-electron chi connectivity index (χ1n) is 7.77. The summed E-state index contributed by atoms with van der Waals surface area (Å²) in [6.45, 7) is 8.26. The first-order chi connectivity index (χ1) is 11.3. The molecule has 0 N–H and O–H groups in total. The number of nitro benzene ring substituents is 2. The van der Waals surface area contributed by atoms with Crippen LogP contribution >= 0.6 is 0 Å². The first-order valence-corrected chi connectivity index (χ1v) is 7.77. The fourth-order valence-electron chi connectivity index (χ4n) is 2.43. The number of nitrogens with zero attached hydrogens (tertiary/aromatic N) is 3. The Morgan fingerprint density at radius 1 is 1.04 bits per heavy atom. The molecule has 24 heavy (non-hydrogen) atoms. The second-order valence-electron chi connectivity index (χ2n) is 5.04. The number of hydrogen-bond acceptors (Lipinski definition) is 7. The minimum atomic E-state index is -0.625. The van der Waals surface area contributed by atoms with Crippen molar-refractivity contribution in [2.45, 2.75) is 34.0 Å². The molecule has 0 spiro atoms. The third-order valence-electron chi connectivity index (χ3n) is 3.38. The van der Waals surface area contributed by atoms with E-state index in [1.165, 1.54) is 12.1 Å². The molecule has 9 heteroatoms. The van der Waals surface area contributed by atoms with Crippen LogP contribution in [0, 0.1) is 27.2 Å². The molecule has 0 aliphatic rings. The van der Waals surface area contributed by atoms with Gasteiger partial charge in [0.15, 0.2) is 12.0 Å². The Morgan fingerprint density at radius 2 is 1.50 bits per heavy atom. The molecule has 1 aromatic carbocycles. The highest BCUT2D eigenvalue weighted by Gasteiger charge is 2.31. The number of likely N-dealkylation sites (N-methyl/N-ethyl adjacent to an activating group) is 1. The maximum atomic E-state index is 11.4. The van der Waals surface area contributed by atoms with Crippen LogP contribution in [-0.2, 0) is 9.47 Å². The third-order valence-corrected chi connectivity index (χ3v) is 3.38. The van der Waals surface area contributed by atoms with Crippen LogP contribution in [0.2, 0.25) is 0 Å². The van der Waals surface area contributed by atoms with E-state index in [-0.39, 0.29) is 23.6 Å². The Labute approximate surface area is 140 Å². The lowest BCUT2D eigenvalue weighted by molar-refractivity contribution is -0.392. The Morgan fingerprint density at radius 3 is 1.83 bits per heavy atom. The van der Waals surface area contributed by atoms with E-state index in [1.807, 2.05) is 0 Å². The van der Waals surface area contributed by atoms with Crippen LogP contribution < -0.4 is 4.90 Å². The van der Waals surface area contributed by atoms with Gasteiger partial charge in [-0.25, -0.2) is 0 Å². The molecule has 0 amide bonds. The average Bonchev–Trinajstić information content (AvgIpc) is 2.52. The summed E-state index contributed by atoms with van der Waals surface area (Å²) in [5, 5.41) is 22.8. The summed E-state index contributed by atoms with van der Waals surface area (Å²) < 4.78 is 10.9. The minimum absolute atomic E-state index is 0.0255. The van der Waals surface area contributed by atoms with Crippen molar-refractivity contribution in [1.29, 1.82) is 0 Å². The Balaban J connectivity index is 3.37. The number of hydrogen-bond donors (Lipinski definition) is 0. The topological polar surface area (TPSA) is 108 Å². The molecule has 0 unspecified atom stereocenters. The number of nitro groups is 2. The maximum Gasteiger partial charge on any atom is 0.299 e. The summed E-state index contributed by atoms with van der Waals surface area (Å²) in [4.78, 5) is 23.1. The number of anilines is 1. The van der Waals surface area contributed by atoms with Crippen LogP contribution in [0.25, 0.3) is 0 Å². The summed E-state index contributed by atoms with van der Waals surface area (Å²) in [6, 6.07) is 2.67. The highest BCUT2D eigenvalue weighted by Crippen LogP contribution is 2.38. The van der Waals surface area contributed by atoms with Gasteiger partial charge in [0, 0.05) is 31.9 Å². The van der Waals surface area contributed by atoms with Gasteiger partial charge in [0.2, 0.25) is 0 Å². The number of benzene rings is 1. The average molecular weight is 341 g/mol. The van der Waals surface area contributed by atoms with Gasteiger partial charge in [-0.3, -0.25) is 20.2 Å². The Kier molecular flexibility index (Phi) is 7.53. The first kappa shape index (κ1) is 19.8. The zero-order valence-corrected chi connectivity index (χ0v) is 14.4. The molecular formula is C15H23N3O6. The van der Waals surface area contributed by atoms with Gasteiger partial charge < -0.3 is 14.4 Å². The van der Waals surface area contributed by atoms with Crippen molar-refractivity contribution in [3.8, 4) is 0 Å². The van der Waals surface area contributed by atoms with E-state index < -0.39 is 16.1 Å². The molecule has 0 bridgehead atoms. The summed E-state index contributed by atoms with van der Waals surface area (Å²) in [5.74, 6) is 0. The second kappa shape index (κ2) is 9.14. The lowest BCUT2D eigenvalue weighted by Gasteiger charge is -2.27.